The van der Waals surface area contributed by atoms with Gasteiger partial charge in [0.15, 0.2) is 0 Å². The second-order valence-corrected chi connectivity index (χ2v) is 15.5. The normalized spacial score (nSPS) is 17.9. The molecule has 5 amide bonds. The van der Waals surface area contributed by atoms with Crippen molar-refractivity contribution in [2.45, 2.75) is 68.4 Å². The topological polar surface area (TPSA) is 199 Å². The lowest BCUT2D eigenvalue weighted by Crippen LogP contribution is -2.45. The van der Waals surface area contributed by atoms with Gasteiger partial charge in [-0.1, -0.05) is 18.6 Å². The van der Waals surface area contributed by atoms with Crippen molar-refractivity contribution in [1.82, 2.24) is 41.3 Å². The fourth-order valence-electron chi connectivity index (χ4n) is 6.35. The smallest absolute Gasteiger partial charge is 0.315 e. The standard InChI is InChI=1S/C39H64N8O9S/c1-46(2)32(27-30-7-9-33(48)10-8-30)28-42-38(50)41-13-11-31-12-15-47(45-31)16-18-53-20-22-55-24-26-56-25-23-54-21-19-52-17-14-40-36(49)6-4-3-5-35-37-34(29-57-35)43-39(51)44-37/h7-10,12,15,32,34-35,37,48H,3-6,11,13-14,16-29H2,1-2H3,(H,40,49)(H2,41,42,50)(H2,43,44,51)/t32-,34-,35-,37-/m0/s1. The molecule has 0 aliphatic carbocycles. The molecule has 4 atom stereocenters. The number of benzene rings is 1. The zero-order valence-electron chi connectivity index (χ0n) is 33.6. The van der Waals surface area contributed by atoms with Crippen molar-refractivity contribution in [2.24, 2.45) is 0 Å². The van der Waals surface area contributed by atoms with Gasteiger partial charge in [0.2, 0.25) is 5.91 Å². The maximum atomic E-state index is 12.4. The van der Waals surface area contributed by atoms with E-state index in [2.05, 4.69) is 36.6 Å². The molecule has 1 aromatic heterocycles. The van der Waals surface area contributed by atoms with Crippen molar-refractivity contribution in [1.29, 1.82) is 0 Å². The van der Waals surface area contributed by atoms with Crippen LogP contribution in [0.5, 0.6) is 5.75 Å². The zero-order chi connectivity index (χ0) is 40.5. The monoisotopic (exact) mass is 820 g/mol. The van der Waals surface area contributed by atoms with E-state index in [1.165, 1.54) is 0 Å². The molecule has 0 bridgehead atoms. The molecule has 6 N–H and O–H groups in total. The van der Waals surface area contributed by atoms with E-state index in [-0.39, 0.29) is 41.8 Å². The van der Waals surface area contributed by atoms with Gasteiger partial charge in [0.1, 0.15) is 5.75 Å². The highest BCUT2D eigenvalue weighted by atomic mass is 32.2. The van der Waals surface area contributed by atoms with E-state index in [9.17, 15) is 19.5 Å². The average Bonchev–Trinajstić information content (AvgIpc) is 3.91. The van der Waals surface area contributed by atoms with Crippen molar-refractivity contribution in [3.8, 4) is 5.75 Å². The van der Waals surface area contributed by atoms with Gasteiger partial charge in [0.25, 0.3) is 0 Å². The van der Waals surface area contributed by atoms with Crippen molar-refractivity contribution >= 4 is 29.7 Å². The van der Waals surface area contributed by atoms with Gasteiger partial charge in [-0.3, -0.25) is 9.48 Å². The van der Waals surface area contributed by atoms with Crippen molar-refractivity contribution in [2.75, 3.05) is 106 Å². The number of fused-ring (bicyclic) bond motifs is 1. The van der Waals surface area contributed by atoms with Gasteiger partial charge in [0.05, 0.1) is 90.4 Å². The van der Waals surface area contributed by atoms with Gasteiger partial charge in [-0.25, -0.2) is 9.59 Å². The predicted molar refractivity (Wildman–Crippen MR) is 218 cm³/mol. The average molecular weight is 821 g/mol. The van der Waals surface area contributed by atoms with Gasteiger partial charge in [-0.05, 0) is 57.1 Å². The fourth-order valence-corrected chi connectivity index (χ4v) is 7.89. The van der Waals surface area contributed by atoms with Crippen LogP contribution in [0.4, 0.5) is 9.59 Å². The van der Waals surface area contributed by atoms with E-state index in [0.29, 0.717) is 110 Å². The molecule has 2 fully saturated rings. The summed E-state index contributed by atoms with van der Waals surface area (Å²) in [4.78, 5) is 38.0. The lowest BCUT2D eigenvalue weighted by atomic mass is 10.0. The molecule has 18 heteroatoms. The predicted octanol–water partition coefficient (Wildman–Crippen LogP) is 1.53. The van der Waals surface area contributed by atoms with Gasteiger partial charge >= 0.3 is 12.1 Å². The third kappa shape index (κ3) is 19.1. The number of nitrogens with zero attached hydrogens (tertiary/aromatic N) is 3. The number of thioether (sulfide) groups is 1. The Morgan fingerprint density at radius 3 is 2.23 bits per heavy atom. The number of likely N-dealkylation sites (N-methyl/N-ethyl adjacent to an activating group) is 1. The van der Waals surface area contributed by atoms with Gasteiger partial charge in [-0.15, -0.1) is 0 Å². The number of hydrogen-bond acceptors (Lipinski definition) is 12. The molecule has 4 rings (SSSR count). The Bertz CT molecular complexity index is 1440. The number of hydrogen-bond donors (Lipinski definition) is 6. The second-order valence-electron chi connectivity index (χ2n) is 14.2. The molecule has 17 nitrogen and oxygen atoms in total. The summed E-state index contributed by atoms with van der Waals surface area (Å²) in [5.41, 5.74) is 1.99. The largest absolute Gasteiger partial charge is 0.508 e. The van der Waals surface area contributed by atoms with E-state index < -0.39 is 0 Å². The Balaban J connectivity index is 0.849. The molecular formula is C39H64N8O9S. The van der Waals surface area contributed by atoms with Crippen LogP contribution in [0.25, 0.3) is 0 Å². The lowest BCUT2D eigenvalue weighted by Gasteiger charge is -2.25. The number of carbonyl (C=O) groups is 3. The van der Waals surface area contributed by atoms with Gasteiger partial charge in [0, 0.05) is 55.7 Å². The molecule has 0 spiro atoms. The molecule has 2 aliphatic rings. The fraction of sp³-hybridized carbons (Fsp3) is 0.692. The quantitative estimate of drug-likeness (QED) is 0.0475. The van der Waals surface area contributed by atoms with E-state index >= 15 is 0 Å². The zero-order valence-corrected chi connectivity index (χ0v) is 34.4. The summed E-state index contributed by atoms with van der Waals surface area (Å²) < 4.78 is 29.6. The summed E-state index contributed by atoms with van der Waals surface area (Å²) in [6.45, 7) is 6.77. The molecular weight excluding hydrogens is 757 g/mol. The molecule has 2 aliphatic heterocycles. The molecule has 0 unspecified atom stereocenters. The molecule has 2 saturated heterocycles. The Morgan fingerprint density at radius 1 is 0.877 bits per heavy atom. The summed E-state index contributed by atoms with van der Waals surface area (Å²) in [5.74, 6) is 1.23. The van der Waals surface area contributed by atoms with Crippen LogP contribution in [-0.2, 0) is 47.9 Å². The number of aromatic hydroxyl groups is 1. The summed E-state index contributed by atoms with van der Waals surface area (Å²) >= 11 is 1.90. The number of carbonyl (C=O) groups excluding carboxylic acids is 3. The third-order valence-corrected chi connectivity index (χ3v) is 11.1. The maximum absolute atomic E-state index is 12.4. The van der Waals surface area contributed by atoms with Crippen LogP contribution in [0.2, 0.25) is 0 Å². The Labute approximate surface area is 341 Å². The van der Waals surface area contributed by atoms with Crippen LogP contribution in [-0.4, -0.2) is 167 Å². The highest BCUT2D eigenvalue weighted by Gasteiger charge is 2.42. The van der Waals surface area contributed by atoms with Crippen molar-refractivity contribution in [3.05, 3.63) is 47.8 Å². The minimum Gasteiger partial charge on any atom is -0.508 e. The van der Waals surface area contributed by atoms with Crippen LogP contribution >= 0.6 is 11.8 Å². The molecule has 0 radical (unpaired) electrons. The van der Waals surface area contributed by atoms with Gasteiger partial charge < -0.3 is 60.3 Å². The first-order valence-electron chi connectivity index (χ1n) is 20.1. The van der Waals surface area contributed by atoms with E-state index in [1.807, 2.05) is 54.9 Å². The first-order valence-corrected chi connectivity index (χ1v) is 21.1. The van der Waals surface area contributed by atoms with Crippen LogP contribution in [0.3, 0.4) is 0 Å². The molecule has 2 aromatic rings. The highest BCUT2D eigenvalue weighted by molar-refractivity contribution is 8.00. The van der Waals surface area contributed by atoms with Gasteiger partial charge in [-0.2, -0.15) is 16.9 Å². The molecule has 320 valence electrons. The number of nitrogens with one attached hydrogen (secondary N) is 5. The number of phenols is 1. The Morgan fingerprint density at radius 2 is 1.54 bits per heavy atom. The number of rotatable bonds is 31. The number of phenolic OH excluding ortho intramolecular Hbond substituents is 1. The summed E-state index contributed by atoms with van der Waals surface area (Å²) in [5, 5.41) is 29.2. The van der Waals surface area contributed by atoms with Crippen molar-refractivity contribution in [3.63, 3.8) is 0 Å². The van der Waals surface area contributed by atoms with Crippen molar-refractivity contribution < 1.29 is 43.2 Å². The minimum atomic E-state index is -0.214. The highest BCUT2D eigenvalue weighted by Crippen LogP contribution is 2.33. The SMILES string of the molecule is CN(C)[C@H](CNC(=O)NCCc1ccn(CCOCCOCCOCCOCCOCCNC(=O)CCCC[C@@H]2SC[C@@H]3NC(=O)N[C@@H]32)n1)Cc1ccc(O)cc1. The van der Waals surface area contributed by atoms with Crippen LogP contribution in [0.1, 0.15) is 36.9 Å². The van der Waals surface area contributed by atoms with Crippen LogP contribution < -0.4 is 26.6 Å². The molecule has 0 saturated carbocycles. The minimum absolute atomic E-state index is 0.0389. The van der Waals surface area contributed by atoms with E-state index in [4.69, 9.17) is 23.7 Å². The van der Waals surface area contributed by atoms with Crippen LogP contribution in [0.15, 0.2) is 36.5 Å². The number of amides is 5. The van der Waals surface area contributed by atoms with E-state index in [1.54, 1.807) is 12.1 Å². The second kappa shape index (κ2) is 27.1. The number of aromatic nitrogens is 2. The third-order valence-electron chi connectivity index (χ3n) is 9.60. The molecule has 1 aromatic carbocycles. The molecule has 57 heavy (non-hydrogen) atoms. The number of unbranched alkanes of at least 4 members (excludes halogenated alkanes) is 1. The summed E-state index contributed by atoms with van der Waals surface area (Å²) in [6.07, 6.45) is 6.60. The summed E-state index contributed by atoms with van der Waals surface area (Å²) in [6, 6.07) is 9.38. The van der Waals surface area contributed by atoms with Crippen LogP contribution in [0, 0.1) is 0 Å². The lowest BCUT2D eigenvalue weighted by molar-refractivity contribution is -0.121. The van der Waals surface area contributed by atoms with E-state index in [0.717, 1.165) is 42.7 Å². The molecule has 3 heterocycles. The maximum Gasteiger partial charge on any atom is 0.315 e. The summed E-state index contributed by atoms with van der Waals surface area (Å²) in [7, 11) is 3.97. The Hall–Kier alpha value is -3.65. The Kier molecular flexibility index (Phi) is 21.9. The first-order chi connectivity index (χ1) is 27.8. The number of ether oxygens (including phenoxy) is 5. The number of urea groups is 2. The first kappa shape index (κ1) is 46.0.